The number of amides is 2. The predicted octanol–water partition coefficient (Wildman–Crippen LogP) is 3.42. The van der Waals surface area contributed by atoms with Crippen LogP contribution in [0, 0.1) is 12.7 Å². The molecule has 3 N–H and O–H groups in total. The third kappa shape index (κ3) is 4.79. The summed E-state index contributed by atoms with van der Waals surface area (Å²) >= 11 is 0. The molecular formula is C18H21FN2O2. The standard InChI is InChI=1S/C18H21FN2O2/c1-13-16(19)8-5-9-17(13)21-18(23)20-12-15(10-11-22)14-6-3-2-4-7-14/h2-9,15,22H,10-12H2,1H3,(H2,20,21,23). The third-order valence-electron chi connectivity index (χ3n) is 3.77. The minimum absolute atomic E-state index is 0.0283. The second kappa shape index (κ2) is 8.29. The van der Waals surface area contributed by atoms with Gasteiger partial charge in [0.1, 0.15) is 5.82 Å². The van der Waals surface area contributed by atoms with Crippen LogP contribution in [0.3, 0.4) is 0 Å². The lowest BCUT2D eigenvalue weighted by Gasteiger charge is -2.18. The van der Waals surface area contributed by atoms with Gasteiger partial charge >= 0.3 is 6.03 Å². The number of aliphatic hydroxyl groups is 1. The quantitative estimate of drug-likeness (QED) is 0.764. The van der Waals surface area contributed by atoms with Gasteiger partial charge in [-0.2, -0.15) is 0 Å². The maximum atomic E-state index is 13.5. The number of aliphatic hydroxyl groups excluding tert-OH is 1. The van der Waals surface area contributed by atoms with Crippen LogP contribution < -0.4 is 10.6 Å². The lowest BCUT2D eigenvalue weighted by molar-refractivity contribution is 0.248. The zero-order valence-electron chi connectivity index (χ0n) is 13.1. The minimum Gasteiger partial charge on any atom is -0.396 e. The van der Waals surface area contributed by atoms with E-state index in [-0.39, 0.29) is 18.3 Å². The van der Waals surface area contributed by atoms with Crippen molar-refractivity contribution in [2.24, 2.45) is 0 Å². The molecule has 0 saturated heterocycles. The summed E-state index contributed by atoms with van der Waals surface area (Å²) in [5.41, 5.74) is 1.90. The second-order valence-corrected chi connectivity index (χ2v) is 5.37. The largest absolute Gasteiger partial charge is 0.396 e. The van der Waals surface area contributed by atoms with Crippen molar-refractivity contribution in [3.8, 4) is 0 Å². The molecule has 122 valence electrons. The number of nitrogens with one attached hydrogen (secondary N) is 2. The zero-order chi connectivity index (χ0) is 16.7. The first-order valence-electron chi connectivity index (χ1n) is 7.57. The van der Waals surface area contributed by atoms with Gasteiger partial charge in [-0.3, -0.25) is 0 Å². The average molecular weight is 316 g/mol. The van der Waals surface area contributed by atoms with E-state index in [2.05, 4.69) is 10.6 Å². The lowest BCUT2D eigenvalue weighted by Crippen LogP contribution is -2.33. The van der Waals surface area contributed by atoms with Crippen LogP contribution in [0.2, 0.25) is 0 Å². The van der Waals surface area contributed by atoms with Crippen molar-refractivity contribution < 1.29 is 14.3 Å². The first-order chi connectivity index (χ1) is 11.1. The molecule has 0 aliphatic heterocycles. The summed E-state index contributed by atoms with van der Waals surface area (Å²) in [4.78, 5) is 12.0. The maximum absolute atomic E-state index is 13.5. The Labute approximate surface area is 135 Å². The molecule has 0 spiro atoms. The van der Waals surface area contributed by atoms with Crippen molar-refractivity contribution in [3.63, 3.8) is 0 Å². The molecule has 23 heavy (non-hydrogen) atoms. The molecule has 1 atom stereocenters. The van der Waals surface area contributed by atoms with Gasteiger partial charge in [-0.25, -0.2) is 9.18 Å². The Morgan fingerprint density at radius 1 is 1.17 bits per heavy atom. The van der Waals surface area contributed by atoms with Crippen LogP contribution in [0.5, 0.6) is 0 Å². The number of hydrogen-bond donors (Lipinski definition) is 3. The molecule has 4 nitrogen and oxygen atoms in total. The normalized spacial score (nSPS) is 11.8. The van der Waals surface area contributed by atoms with E-state index in [1.54, 1.807) is 19.1 Å². The van der Waals surface area contributed by atoms with Crippen LogP contribution in [-0.2, 0) is 0 Å². The van der Waals surface area contributed by atoms with E-state index in [0.29, 0.717) is 24.2 Å². The number of urea groups is 1. The molecule has 0 aromatic heterocycles. The smallest absolute Gasteiger partial charge is 0.319 e. The Morgan fingerprint density at radius 2 is 1.91 bits per heavy atom. The van der Waals surface area contributed by atoms with E-state index in [4.69, 9.17) is 0 Å². The van der Waals surface area contributed by atoms with Gasteiger partial charge in [0.05, 0.1) is 0 Å². The van der Waals surface area contributed by atoms with Gasteiger partial charge in [-0.15, -0.1) is 0 Å². The molecule has 0 fully saturated rings. The third-order valence-corrected chi connectivity index (χ3v) is 3.77. The van der Waals surface area contributed by atoms with E-state index in [9.17, 15) is 14.3 Å². The fourth-order valence-corrected chi connectivity index (χ4v) is 2.39. The molecule has 0 aliphatic rings. The second-order valence-electron chi connectivity index (χ2n) is 5.37. The highest BCUT2D eigenvalue weighted by atomic mass is 19.1. The molecule has 2 aromatic rings. The van der Waals surface area contributed by atoms with E-state index in [1.165, 1.54) is 6.07 Å². The Balaban J connectivity index is 1.95. The molecule has 0 saturated carbocycles. The highest BCUT2D eigenvalue weighted by Gasteiger charge is 2.13. The van der Waals surface area contributed by atoms with Gasteiger partial charge in [0.2, 0.25) is 0 Å². The van der Waals surface area contributed by atoms with Crippen molar-refractivity contribution in [2.75, 3.05) is 18.5 Å². The fraction of sp³-hybridized carbons (Fsp3) is 0.278. The van der Waals surface area contributed by atoms with Crippen molar-refractivity contribution in [1.82, 2.24) is 5.32 Å². The molecule has 0 aliphatic carbocycles. The maximum Gasteiger partial charge on any atom is 0.319 e. The molecule has 0 heterocycles. The van der Waals surface area contributed by atoms with Gasteiger partial charge in [-0.05, 0) is 31.0 Å². The number of halogens is 1. The molecular weight excluding hydrogens is 295 g/mol. The van der Waals surface area contributed by atoms with Gasteiger partial charge in [0.15, 0.2) is 0 Å². The summed E-state index contributed by atoms with van der Waals surface area (Å²) in [7, 11) is 0. The average Bonchev–Trinajstić information content (AvgIpc) is 2.56. The SMILES string of the molecule is Cc1c(F)cccc1NC(=O)NCC(CCO)c1ccccc1. The number of rotatable bonds is 6. The number of hydrogen-bond acceptors (Lipinski definition) is 2. The van der Waals surface area contributed by atoms with E-state index >= 15 is 0 Å². The van der Waals surface area contributed by atoms with Crippen molar-refractivity contribution in [1.29, 1.82) is 0 Å². The Hall–Kier alpha value is -2.40. The predicted molar refractivity (Wildman–Crippen MR) is 89.0 cm³/mol. The highest BCUT2D eigenvalue weighted by molar-refractivity contribution is 5.90. The molecule has 2 aromatic carbocycles. The van der Waals surface area contributed by atoms with Crippen molar-refractivity contribution in [2.45, 2.75) is 19.3 Å². The van der Waals surface area contributed by atoms with Crippen LogP contribution in [0.4, 0.5) is 14.9 Å². The van der Waals surface area contributed by atoms with Crippen LogP contribution in [0.25, 0.3) is 0 Å². The summed E-state index contributed by atoms with van der Waals surface area (Å²) < 4.78 is 13.5. The minimum atomic E-state index is -0.391. The number of anilines is 1. The van der Waals surface area contributed by atoms with Crippen molar-refractivity contribution in [3.05, 3.63) is 65.5 Å². The van der Waals surface area contributed by atoms with Crippen LogP contribution in [0.15, 0.2) is 48.5 Å². The fourth-order valence-electron chi connectivity index (χ4n) is 2.39. The molecule has 1 unspecified atom stereocenters. The Morgan fingerprint density at radius 3 is 2.61 bits per heavy atom. The van der Waals surface area contributed by atoms with Crippen LogP contribution in [-0.4, -0.2) is 24.3 Å². The summed E-state index contributed by atoms with van der Waals surface area (Å²) in [6.07, 6.45) is 0.559. The molecule has 2 amide bonds. The van der Waals surface area contributed by atoms with Gasteiger partial charge in [0, 0.05) is 30.3 Å². The Bertz CT molecular complexity index is 647. The van der Waals surface area contributed by atoms with Gasteiger partial charge in [-0.1, -0.05) is 36.4 Å². The monoisotopic (exact) mass is 316 g/mol. The zero-order valence-corrected chi connectivity index (χ0v) is 13.1. The van der Waals surface area contributed by atoms with Crippen molar-refractivity contribution >= 4 is 11.7 Å². The molecule has 2 rings (SSSR count). The van der Waals surface area contributed by atoms with Crippen LogP contribution in [0.1, 0.15) is 23.5 Å². The van der Waals surface area contributed by atoms with Gasteiger partial charge in [0.25, 0.3) is 0 Å². The first-order valence-corrected chi connectivity index (χ1v) is 7.57. The first kappa shape index (κ1) is 17.0. The molecule has 0 radical (unpaired) electrons. The summed E-state index contributed by atoms with van der Waals surface area (Å²) in [5, 5.41) is 14.6. The summed E-state index contributed by atoms with van der Waals surface area (Å²) in [6, 6.07) is 13.9. The summed E-state index contributed by atoms with van der Waals surface area (Å²) in [6.45, 7) is 2.06. The van der Waals surface area contributed by atoms with E-state index in [0.717, 1.165) is 5.56 Å². The van der Waals surface area contributed by atoms with Gasteiger partial charge < -0.3 is 15.7 Å². The highest BCUT2D eigenvalue weighted by Crippen LogP contribution is 2.19. The molecule has 5 heteroatoms. The lowest BCUT2D eigenvalue weighted by atomic mass is 9.96. The number of carbonyl (C=O) groups is 1. The molecule has 0 bridgehead atoms. The van der Waals surface area contributed by atoms with E-state index < -0.39 is 6.03 Å². The summed E-state index contributed by atoms with van der Waals surface area (Å²) in [5.74, 6) is -0.328. The topological polar surface area (TPSA) is 61.4 Å². The number of carbonyl (C=O) groups excluding carboxylic acids is 1. The van der Waals surface area contributed by atoms with Crippen LogP contribution >= 0.6 is 0 Å². The van der Waals surface area contributed by atoms with E-state index in [1.807, 2.05) is 30.3 Å². The number of benzene rings is 2. The Kier molecular flexibility index (Phi) is 6.11.